The first-order chi connectivity index (χ1) is 10.0. The lowest BCUT2D eigenvalue weighted by molar-refractivity contribution is -0.131. The second kappa shape index (κ2) is 6.09. The first kappa shape index (κ1) is 14.6. The molecule has 0 bridgehead atoms. The van der Waals surface area contributed by atoms with Gasteiger partial charge in [0, 0.05) is 6.92 Å². The zero-order valence-corrected chi connectivity index (χ0v) is 11.6. The summed E-state index contributed by atoms with van der Waals surface area (Å²) >= 11 is 0. The Morgan fingerprint density at radius 3 is 2.38 bits per heavy atom. The van der Waals surface area contributed by atoms with E-state index in [2.05, 4.69) is 0 Å². The summed E-state index contributed by atoms with van der Waals surface area (Å²) in [6, 6.07) is 10.7. The van der Waals surface area contributed by atoms with Crippen molar-refractivity contribution < 1.29 is 24.2 Å². The number of phenolic OH excluding ortho intramolecular Hbond substituents is 1. The lowest BCUT2D eigenvalue weighted by Gasteiger charge is -2.11. The van der Waals surface area contributed by atoms with Gasteiger partial charge in [-0.3, -0.25) is 9.59 Å². The third-order valence-corrected chi connectivity index (χ3v) is 2.83. The molecule has 2 aromatic rings. The molecule has 0 heterocycles. The molecule has 0 atom stereocenters. The normalized spacial score (nSPS) is 10.0. The summed E-state index contributed by atoms with van der Waals surface area (Å²) in [7, 11) is 1.47. The minimum absolute atomic E-state index is 0.122. The van der Waals surface area contributed by atoms with Gasteiger partial charge in [0.25, 0.3) is 0 Å². The molecule has 2 rings (SSSR count). The van der Waals surface area contributed by atoms with Gasteiger partial charge in [-0.25, -0.2) is 0 Å². The van der Waals surface area contributed by atoms with Crippen LogP contribution >= 0.6 is 0 Å². The van der Waals surface area contributed by atoms with Crippen molar-refractivity contribution in [3.63, 3.8) is 0 Å². The van der Waals surface area contributed by atoms with Crippen molar-refractivity contribution >= 4 is 11.8 Å². The van der Waals surface area contributed by atoms with E-state index in [0.717, 1.165) is 0 Å². The number of phenols is 1. The van der Waals surface area contributed by atoms with E-state index in [4.69, 9.17) is 9.47 Å². The molecule has 0 spiro atoms. The van der Waals surface area contributed by atoms with E-state index < -0.39 is 11.8 Å². The van der Waals surface area contributed by atoms with E-state index in [1.54, 1.807) is 18.2 Å². The van der Waals surface area contributed by atoms with Gasteiger partial charge in [0.1, 0.15) is 17.2 Å². The standard InChI is InChI=1S/C16H14O5/c1-10(17)21-15-8-7-11(20-2)9-13(15)16(19)12-5-3-4-6-14(12)18/h3-9,18H,1-2H3. The van der Waals surface area contributed by atoms with Crippen LogP contribution < -0.4 is 9.47 Å². The molecule has 0 aromatic heterocycles. The van der Waals surface area contributed by atoms with Gasteiger partial charge >= 0.3 is 5.97 Å². The molecule has 108 valence electrons. The minimum Gasteiger partial charge on any atom is -0.507 e. The third-order valence-electron chi connectivity index (χ3n) is 2.83. The molecule has 0 amide bonds. The Hall–Kier alpha value is -2.82. The minimum atomic E-state index is -0.536. The molecule has 0 saturated carbocycles. The fraction of sp³-hybridized carbons (Fsp3) is 0.125. The zero-order valence-electron chi connectivity index (χ0n) is 11.6. The monoisotopic (exact) mass is 286 g/mol. The summed E-state index contributed by atoms with van der Waals surface area (Å²) in [5.74, 6) is -0.560. The third kappa shape index (κ3) is 3.20. The van der Waals surface area contributed by atoms with E-state index >= 15 is 0 Å². The van der Waals surface area contributed by atoms with Crippen LogP contribution in [0.5, 0.6) is 17.2 Å². The Morgan fingerprint density at radius 1 is 1.05 bits per heavy atom. The number of carbonyl (C=O) groups excluding carboxylic acids is 2. The van der Waals surface area contributed by atoms with Crippen LogP contribution in [0.25, 0.3) is 0 Å². The average Bonchev–Trinajstić information content (AvgIpc) is 2.47. The van der Waals surface area contributed by atoms with Gasteiger partial charge < -0.3 is 14.6 Å². The van der Waals surface area contributed by atoms with Crippen molar-refractivity contribution in [2.75, 3.05) is 7.11 Å². The highest BCUT2D eigenvalue weighted by molar-refractivity contribution is 6.12. The lowest BCUT2D eigenvalue weighted by atomic mass is 10.0. The van der Waals surface area contributed by atoms with Gasteiger partial charge in [-0.1, -0.05) is 12.1 Å². The summed E-state index contributed by atoms with van der Waals surface area (Å²) < 4.78 is 10.1. The van der Waals surface area contributed by atoms with Crippen LogP contribution in [0.15, 0.2) is 42.5 Å². The van der Waals surface area contributed by atoms with Gasteiger partial charge in [-0.05, 0) is 30.3 Å². The Morgan fingerprint density at radius 2 is 1.76 bits per heavy atom. The van der Waals surface area contributed by atoms with E-state index in [0.29, 0.717) is 5.75 Å². The van der Waals surface area contributed by atoms with E-state index in [1.165, 1.54) is 38.3 Å². The van der Waals surface area contributed by atoms with Crippen LogP contribution in [0.1, 0.15) is 22.8 Å². The Labute approximate surface area is 121 Å². The van der Waals surface area contributed by atoms with Gasteiger partial charge in [-0.15, -0.1) is 0 Å². The van der Waals surface area contributed by atoms with Gasteiger partial charge in [0.15, 0.2) is 0 Å². The predicted octanol–water partition coefficient (Wildman–Crippen LogP) is 2.56. The summed E-state index contributed by atoms with van der Waals surface area (Å²) in [6.07, 6.45) is 0. The largest absolute Gasteiger partial charge is 0.507 e. The van der Waals surface area contributed by atoms with Gasteiger partial charge in [-0.2, -0.15) is 0 Å². The highest BCUT2D eigenvalue weighted by Crippen LogP contribution is 2.29. The number of esters is 1. The molecule has 0 aliphatic rings. The zero-order chi connectivity index (χ0) is 15.4. The van der Waals surface area contributed by atoms with Crippen LogP contribution in [-0.2, 0) is 4.79 Å². The molecule has 21 heavy (non-hydrogen) atoms. The topological polar surface area (TPSA) is 72.8 Å². The number of carbonyl (C=O) groups is 2. The fourth-order valence-electron chi connectivity index (χ4n) is 1.87. The Kier molecular flexibility index (Phi) is 4.23. The number of hydrogen-bond donors (Lipinski definition) is 1. The number of benzene rings is 2. The molecular formula is C16H14O5. The van der Waals surface area contributed by atoms with Crippen molar-refractivity contribution in [3.8, 4) is 17.2 Å². The second-order valence-corrected chi connectivity index (χ2v) is 4.30. The van der Waals surface area contributed by atoms with Crippen LogP contribution in [-0.4, -0.2) is 24.0 Å². The number of methoxy groups -OCH3 is 1. The first-order valence-corrected chi connectivity index (χ1v) is 6.22. The summed E-state index contributed by atoms with van der Waals surface area (Å²) in [4.78, 5) is 23.7. The smallest absolute Gasteiger partial charge is 0.308 e. The molecule has 0 aliphatic carbocycles. The number of para-hydroxylation sites is 1. The number of rotatable bonds is 4. The molecule has 0 radical (unpaired) electrons. The second-order valence-electron chi connectivity index (χ2n) is 4.30. The van der Waals surface area contributed by atoms with Crippen molar-refractivity contribution in [2.24, 2.45) is 0 Å². The van der Waals surface area contributed by atoms with Gasteiger partial charge in [0.2, 0.25) is 5.78 Å². The molecule has 5 heteroatoms. The van der Waals surface area contributed by atoms with Crippen molar-refractivity contribution in [1.82, 2.24) is 0 Å². The predicted molar refractivity (Wildman–Crippen MR) is 75.8 cm³/mol. The summed E-state index contributed by atoms with van der Waals surface area (Å²) in [6.45, 7) is 1.25. The maximum absolute atomic E-state index is 12.5. The van der Waals surface area contributed by atoms with Crippen LogP contribution in [0.2, 0.25) is 0 Å². The van der Waals surface area contributed by atoms with Gasteiger partial charge in [0.05, 0.1) is 18.2 Å². The van der Waals surface area contributed by atoms with E-state index in [1.807, 2.05) is 0 Å². The number of aromatic hydroxyl groups is 1. The molecule has 5 nitrogen and oxygen atoms in total. The number of hydrogen-bond acceptors (Lipinski definition) is 5. The molecule has 1 N–H and O–H groups in total. The highest BCUT2D eigenvalue weighted by atomic mass is 16.5. The van der Waals surface area contributed by atoms with Crippen LogP contribution in [0, 0.1) is 0 Å². The SMILES string of the molecule is COc1ccc(OC(C)=O)c(C(=O)c2ccccc2O)c1. The fourth-order valence-corrected chi connectivity index (χ4v) is 1.87. The van der Waals surface area contributed by atoms with Crippen LogP contribution in [0.3, 0.4) is 0 Å². The molecular weight excluding hydrogens is 272 g/mol. The number of ether oxygens (including phenoxy) is 2. The molecule has 0 fully saturated rings. The highest BCUT2D eigenvalue weighted by Gasteiger charge is 2.19. The van der Waals surface area contributed by atoms with Crippen molar-refractivity contribution in [2.45, 2.75) is 6.92 Å². The first-order valence-electron chi connectivity index (χ1n) is 6.22. The average molecular weight is 286 g/mol. The van der Waals surface area contributed by atoms with E-state index in [-0.39, 0.29) is 22.6 Å². The quantitative estimate of drug-likeness (QED) is 0.531. The Balaban J connectivity index is 2.52. The van der Waals surface area contributed by atoms with E-state index in [9.17, 15) is 14.7 Å². The van der Waals surface area contributed by atoms with Crippen LogP contribution in [0.4, 0.5) is 0 Å². The molecule has 2 aromatic carbocycles. The summed E-state index contributed by atoms with van der Waals surface area (Å²) in [5, 5.41) is 9.78. The maximum atomic E-state index is 12.5. The number of ketones is 1. The van der Waals surface area contributed by atoms with Crippen molar-refractivity contribution in [1.29, 1.82) is 0 Å². The maximum Gasteiger partial charge on any atom is 0.308 e. The summed E-state index contributed by atoms with van der Waals surface area (Å²) in [5.41, 5.74) is 0.269. The molecule has 0 saturated heterocycles. The lowest BCUT2D eigenvalue weighted by Crippen LogP contribution is -2.09. The van der Waals surface area contributed by atoms with Crippen molar-refractivity contribution in [3.05, 3.63) is 53.6 Å². The molecule has 0 unspecified atom stereocenters. The Bertz CT molecular complexity index is 691. The molecule has 0 aliphatic heterocycles.